The molecule has 1 atom stereocenters. The second kappa shape index (κ2) is 17.7. The van der Waals surface area contributed by atoms with E-state index in [1.165, 1.54) is 82.1 Å². The SMILES string of the molecule is CCCCC(CC)CSCCCCCCCCCCCOS(C)(=O)=O. The predicted molar refractivity (Wildman–Crippen MR) is 113 cm³/mol. The van der Waals surface area contributed by atoms with Crippen molar-refractivity contribution in [2.75, 3.05) is 24.4 Å². The fraction of sp³-hybridized carbons (Fsp3) is 1.00. The van der Waals surface area contributed by atoms with Crippen LogP contribution in [0.25, 0.3) is 0 Å². The Hall–Kier alpha value is 0.260. The molecule has 3 nitrogen and oxygen atoms in total. The molecule has 0 aromatic heterocycles. The summed E-state index contributed by atoms with van der Waals surface area (Å²) in [4.78, 5) is 0. The Bertz CT molecular complexity index is 369. The van der Waals surface area contributed by atoms with E-state index >= 15 is 0 Å². The van der Waals surface area contributed by atoms with Gasteiger partial charge in [0.25, 0.3) is 10.1 Å². The van der Waals surface area contributed by atoms with Crippen LogP contribution in [0, 0.1) is 5.92 Å². The van der Waals surface area contributed by atoms with Crippen molar-refractivity contribution in [2.24, 2.45) is 5.92 Å². The second-order valence-electron chi connectivity index (χ2n) is 7.20. The zero-order valence-corrected chi connectivity index (χ0v) is 18.6. The summed E-state index contributed by atoms with van der Waals surface area (Å²) in [7, 11) is -3.25. The van der Waals surface area contributed by atoms with Gasteiger partial charge < -0.3 is 0 Å². The normalized spacial score (nSPS) is 13.2. The highest BCUT2D eigenvalue weighted by Crippen LogP contribution is 2.20. The summed E-state index contributed by atoms with van der Waals surface area (Å²) in [6, 6.07) is 0. The molecule has 0 saturated carbocycles. The molecule has 0 spiro atoms. The lowest BCUT2D eigenvalue weighted by atomic mass is 10.0. The molecular formula is C20H42O3S2. The zero-order chi connectivity index (χ0) is 18.8. The summed E-state index contributed by atoms with van der Waals surface area (Å²) >= 11 is 2.16. The summed E-state index contributed by atoms with van der Waals surface area (Å²) in [6.45, 7) is 4.96. The highest BCUT2D eigenvalue weighted by molar-refractivity contribution is 7.99. The van der Waals surface area contributed by atoms with Crippen molar-refractivity contribution in [2.45, 2.75) is 97.3 Å². The van der Waals surface area contributed by atoms with Crippen molar-refractivity contribution in [1.82, 2.24) is 0 Å². The lowest BCUT2D eigenvalue weighted by Crippen LogP contribution is -2.03. The van der Waals surface area contributed by atoms with E-state index in [4.69, 9.17) is 4.18 Å². The maximum absolute atomic E-state index is 10.8. The first kappa shape index (κ1) is 25.3. The van der Waals surface area contributed by atoms with Crippen LogP contribution in [0.2, 0.25) is 0 Å². The van der Waals surface area contributed by atoms with E-state index in [-0.39, 0.29) is 0 Å². The van der Waals surface area contributed by atoms with Crippen molar-refractivity contribution in [1.29, 1.82) is 0 Å². The van der Waals surface area contributed by atoms with E-state index in [0.717, 1.165) is 25.0 Å². The van der Waals surface area contributed by atoms with E-state index in [9.17, 15) is 8.42 Å². The van der Waals surface area contributed by atoms with Crippen LogP contribution < -0.4 is 0 Å². The molecule has 0 bridgehead atoms. The first-order valence-corrected chi connectivity index (χ1v) is 13.4. The molecule has 0 saturated heterocycles. The zero-order valence-electron chi connectivity index (χ0n) is 16.9. The Balaban J connectivity index is 3.21. The van der Waals surface area contributed by atoms with Gasteiger partial charge in [-0.05, 0) is 36.7 Å². The van der Waals surface area contributed by atoms with Crippen LogP contribution in [0.15, 0.2) is 0 Å². The van der Waals surface area contributed by atoms with E-state index in [0.29, 0.717) is 6.61 Å². The highest BCUT2D eigenvalue weighted by atomic mass is 32.2. The molecule has 0 fully saturated rings. The van der Waals surface area contributed by atoms with Crippen LogP contribution >= 0.6 is 11.8 Å². The van der Waals surface area contributed by atoms with Gasteiger partial charge in [0.1, 0.15) is 0 Å². The molecule has 25 heavy (non-hydrogen) atoms. The predicted octanol–water partition coefficient (Wildman–Crippen LogP) is 6.42. The van der Waals surface area contributed by atoms with Gasteiger partial charge in [0, 0.05) is 0 Å². The summed E-state index contributed by atoms with van der Waals surface area (Å²) in [5.74, 6) is 3.63. The van der Waals surface area contributed by atoms with Crippen LogP contribution in [0.4, 0.5) is 0 Å². The van der Waals surface area contributed by atoms with Gasteiger partial charge in [0.15, 0.2) is 0 Å². The van der Waals surface area contributed by atoms with Crippen LogP contribution in [0.3, 0.4) is 0 Å². The molecule has 0 aromatic carbocycles. The Morgan fingerprint density at radius 2 is 1.40 bits per heavy atom. The standard InChI is InChI=1S/C20H42O3S2/c1-4-6-16-20(5-2)19-24-18-15-13-11-9-7-8-10-12-14-17-23-25(3,21)22/h20H,4-19H2,1-3H3. The van der Waals surface area contributed by atoms with E-state index in [1.54, 1.807) is 0 Å². The first-order chi connectivity index (χ1) is 12.0. The average Bonchev–Trinajstić information content (AvgIpc) is 2.56. The van der Waals surface area contributed by atoms with Crippen LogP contribution in [0.1, 0.15) is 97.3 Å². The molecule has 1 unspecified atom stereocenters. The second-order valence-corrected chi connectivity index (χ2v) is 9.99. The number of unbranched alkanes of at least 4 members (excludes halogenated alkanes) is 9. The Morgan fingerprint density at radius 3 is 1.92 bits per heavy atom. The Morgan fingerprint density at radius 1 is 0.840 bits per heavy atom. The van der Waals surface area contributed by atoms with Gasteiger partial charge in [-0.25, -0.2) is 0 Å². The van der Waals surface area contributed by atoms with Gasteiger partial charge in [-0.1, -0.05) is 78.1 Å². The molecular weight excluding hydrogens is 352 g/mol. The monoisotopic (exact) mass is 394 g/mol. The Kier molecular flexibility index (Phi) is 17.8. The van der Waals surface area contributed by atoms with Crippen molar-refractivity contribution in [3.63, 3.8) is 0 Å². The number of hydrogen-bond acceptors (Lipinski definition) is 4. The molecule has 152 valence electrons. The molecule has 0 aliphatic rings. The maximum atomic E-state index is 10.8. The summed E-state index contributed by atoms with van der Waals surface area (Å²) < 4.78 is 26.3. The third kappa shape index (κ3) is 20.4. The maximum Gasteiger partial charge on any atom is 0.264 e. The molecule has 0 amide bonds. The van der Waals surface area contributed by atoms with E-state index < -0.39 is 10.1 Å². The fourth-order valence-corrected chi connectivity index (χ4v) is 4.63. The largest absolute Gasteiger partial charge is 0.270 e. The van der Waals surface area contributed by atoms with Crippen LogP contribution in [-0.4, -0.2) is 32.8 Å². The van der Waals surface area contributed by atoms with Crippen molar-refractivity contribution in [3.05, 3.63) is 0 Å². The third-order valence-corrected chi connectivity index (χ3v) is 6.51. The van der Waals surface area contributed by atoms with Crippen molar-refractivity contribution < 1.29 is 12.6 Å². The summed E-state index contributed by atoms with van der Waals surface area (Å²) in [5.41, 5.74) is 0. The van der Waals surface area contributed by atoms with Crippen molar-refractivity contribution >= 4 is 21.9 Å². The summed E-state index contributed by atoms with van der Waals surface area (Å²) in [5, 5.41) is 0. The molecule has 5 heteroatoms. The first-order valence-electron chi connectivity index (χ1n) is 10.4. The van der Waals surface area contributed by atoms with Gasteiger partial charge in [-0.15, -0.1) is 0 Å². The fourth-order valence-electron chi connectivity index (χ4n) is 2.90. The van der Waals surface area contributed by atoms with Gasteiger partial charge in [-0.2, -0.15) is 20.2 Å². The molecule has 0 rings (SSSR count). The smallest absolute Gasteiger partial charge is 0.264 e. The molecule has 0 heterocycles. The lowest BCUT2D eigenvalue weighted by Gasteiger charge is -2.13. The highest BCUT2D eigenvalue weighted by Gasteiger charge is 2.05. The molecule has 0 aromatic rings. The van der Waals surface area contributed by atoms with Gasteiger partial charge in [-0.3, -0.25) is 4.18 Å². The van der Waals surface area contributed by atoms with Crippen LogP contribution in [0.5, 0.6) is 0 Å². The molecule has 0 radical (unpaired) electrons. The number of hydrogen-bond donors (Lipinski definition) is 0. The molecule has 0 N–H and O–H groups in total. The molecule has 0 aliphatic heterocycles. The van der Waals surface area contributed by atoms with Gasteiger partial charge in [0.2, 0.25) is 0 Å². The summed E-state index contributed by atoms with van der Waals surface area (Å²) in [6.07, 6.45) is 17.7. The lowest BCUT2D eigenvalue weighted by molar-refractivity contribution is 0.309. The topological polar surface area (TPSA) is 43.4 Å². The average molecular weight is 395 g/mol. The minimum atomic E-state index is -3.25. The van der Waals surface area contributed by atoms with E-state index in [1.807, 2.05) is 0 Å². The van der Waals surface area contributed by atoms with Gasteiger partial charge >= 0.3 is 0 Å². The third-order valence-electron chi connectivity index (χ3n) is 4.63. The Labute approximate surface area is 162 Å². The van der Waals surface area contributed by atoms with E-state index in [2.05, 4.69) is 25.6 Å². The molecule has 0 aliphatic carbocycles. The van der Waals surface area contributed by atoms with Gasteiger partial charge in [0.05, 0.1) is 12.9 Å². The minimum Gasteiger partial charge on any atom is -0.270 e. The van der Waals surface area contributed by atoms with Crippen molar-refractivity contribution in [3.8, 4) is 0 Å². The number of rotatable bonds is 19. The number of thioether (sulfide) groups is 1. The van der Waals surface area contributed by atoms with Crippen LogP contribution in [-0.2, 0) is 14.3 Å². The minimum absolute atomic E-state index is 0.341. The quantitative estimate of drug-likeness (QED) is 0.187.